The van der Waals surface area contributed by atoms with Gasteiger partial charge in [-0.05, 0) is 17.5 Å². The number of rotatable bonds is 2. The molecule has 0 bridgehead atoms. The summed E-state index contributed by atoms with van der Waals surface area (Å²) in [7, 11) is -3.40. The smallest absolute Gasteiger partial charge is 0.465 e. The molecule has 0 unspecified atom stereocenters. The van der Waals surface area contributed by atoms with Gasteiger partial charge in [-0.25, -0.2) is 9.59 Å². The van der Waals surface area contributed by atoms with Gasteiger partial charge in [0.05, 0.1) is 19.6 Å². The summed E-state index contributed by atoms with van der Waals surface area (Å²) >= 11 is 0. The fourth-order valence-corrected chi connectivity index (χ4v) is 3.33. The van der Waals surface area contributed by atoms with E-state index in [-0.39, 0.29) is 11.3 Å². The van der Waals surface area contributed by atoms with Crippen LogP contribution >= 0.6 is 0 Å². The van der Waals surface area contributed by atoms with Crippen molar-refractivity contribution in [2.24, 2.45) is 0 Å². The van der Waals surface area contributed by atoms with Crippen LogP contribution in [0.15, 0.2) is 48.7 Å². The first-order valence-corrected chi connectivity index (χ1v) is 8.32. The van der Waals surface area contributed by atoms with E-state index in [0.717, 1.165) is 21.7 Å². The first-order chi connectivity index (χ1) is 13.7. The zero-order valence-electron chi connectivity index (χ0n) is 15.3. The maximum absolute atomic E-state index is 12.5. The topological polar surface area (TPSA) is 56.7 Å². The van der Waals surface area contributed by atoms with E-state index in [1.807, 2.05) is 42.5 Å². The van der Waals surface area contributed by atoms with Gasteiger partial charge in [0.1, 0.15) is 5.56 Å². The number of halogens is 4. The Morgan fingerprint density at radius 2 is 1.45 bits per heavy atom. The molecule has 2 aromatic carbocycles. The van der Waals surface area contributed by atoms with Gasteiger partial charge in [-0.2, -0.15) is 4.40 Å². The molecule has 0 saturated carbocycles. The summed E-state index contributed by atoms with van der Waals surface area (Å²) < 4.78 is 50.6. The number of nitrogens with zero attached hydrogens (tertiary/aromatic N) is 1. The van der Waals surface area contributed by atoms with E-state index < -0.39 is 19.2 Å². The van der Waals surface area contributed by atoms with Crippen LogP contribution in [0.5, 0.6) is 0 Å². The van der Waals surface area contributed by atoms with Crippen molar-refractivity contribution < 1.29 is 40.7 Å². The van der Waals surface area contributed by atoms with Gasteiger partial charge >= 0.3 is 24.9 Å². The summed E-state index contributed by atoms with van der Waals surface area (Å²) in [5.74, 6) is -1.15. The number of methoxy groups -OCH3 is 2. The van der Waals surface area contributed by atoms with Gasteiger partial charge in [0.2, 0.25) is 5.52 Å². The monoisotopic (exact) mass is 407 g/mol. The average Bonchev–Trinajstić information content (AvgIpc) is 2.69. The molecule has 150 valence electrons. The van der Waals surface area contributed by atoms with Crippen molar-refractivity contribution >= 4 is 46.3 Å². The quantitative estimate of drug-likeness (QED) is 0.166. The van der Waals surface area contributed by atoms with Crippen molar-refractivity contribution in [1.82, 2.24) is 0 Å². The number of aromatic nitrogens is 1. The second-order valence-electron chi connectivity index (χ2n) is 5.99. The molecule has 0 aliphatic carbocycles. The molecule has 10 heteroatoms. The van der Waals surface area contributed by atoms with Gasteiger partial charge in [0.25, 0.3) is 0 Å². The lowest BCUT2D eigenvalue weighted by molar-refractivity contribution is -0.513. The Morgan fingerprint density at radius 3 is 2.07 bits per heavy atom. The fourth-order valence-electron chi connectivity index (χ4n) is 3.33. The zero-order chi connectivity index (χ0) is 21.3. The first-order valence-electron chi connectivity index (χ1n) is 8.32. The van der Waals surface area contributed by atoms with Crippen molar-refractivity contribution in [2.75, 3.05) is 14.2 Å². The van der Waals surface area contributed by atoms with E-state index in [1.54, 1.807) is 10.6 Å². The number of carbonyl (C=O) groups is 2. The van der Waals surface area contributed by atoms with Crippen LogP contribution in [0, 0.1) is 0 Å². The van der Waals surface area contributed by atoms with Crippen molar-refractivity contribution in [3.63, 3.8) is 0 Å². The summed E-state index contributed by atoms with van der Waals surface area (Å²) in [6.45, 7) is 0. The van der Waals surface area contributed by atoms with Crippen LogP contribution in [-0.4, -0.2) is 33.4 Å². The molecule has 0 aliphatic heterocycles. The highest BCUT2D eigenvalue weighted by molar-refractivity contribution is 6.50. The summed E-state index contributed by atoms with van der Waals surface area (Å²) in [4.78, 5) is 24.9. The second kappa shape index (κ2) is 7.54. The Labute approximate surface area is 161 Å². The SMILES string of the molecule is COC(=O)c1c(C(=O)OC)[n+]2cccc3ccc4cccc1c4c32.F[B-](F)(F)F. The molecule has 4 rings (SSSR count). The van der Waals surface area contributed by atoms with E-state index in [4.69, 9.17) is 9.47 Å². The maximum atomic E-state index is 12.5. The van der Waals surface area contributed by atoms with Gasteiger partial charge < -0.3 is 26.7 Å². The van der Waals surface area contributed by atoms with Gasteiger partial charge in [-0.1, -0.05) is 24.3 Å². The van der Waals surface area contributed by atoms with E-state index in [0.29, 0.717) is 5.39 Å². The predicted octanol–water partition coefficient (Wildman–Crippen LogP) is 4.04. The predicted molar refractivity (Wildman–Crippen MR) is 98.7 cm³/mol. The number of benzene rings is 2. The molecular formula is C19H14BF4NO4. The third kappa shape index (κ3) is 3.78. The van der Waals surface area contributed by atoms with E-state index in [1.165, 1.54) is 14.2 Å². The number of hydrogen-bond acceptors (Lipinski definition) is 4. The van der Waals surface area contributed by atoms with E-state index in [9.17, 15) is 26.9 Å². The molecular weight excluding hydrogens is 393 g/mol. The minimum atomic E-state index is -6.00. The van der Waals surface area contributed by atoms with Crippen molar-refractivity contribution in [1.29, 1.82) is 0 Å². The van der Waals surface area contributed by atoms with Crippen molar-refractivity contribution in [2.45, 2.75) is 0 Å². The highest BCUT2D eigenvalue weighted by Crippen LogP contribution is 2.32. The fraction of sp³-hybridized carbons (Fsp3) is 0.105. The summed E-state index contributed by atoms with van der Waals surface area (Å²) in [6, 6.07) is 13.5. The normalized spacial score (nSPS) is 11.4. The average molecular weight is 407 g/mol. The highest BCUT2D eigenvalue weighted by atomic mass is 19.5. The van der Waals surface area contributed by atoms with Gasteiger partial charge in [0, 0.05) is 16.8 Å². The van der Waals surface area contributed by atoms with Gasteiger partial charge in [-0.3, -0.25) is 0 Å². The molecule has 0 radical (unpaired) electrons. The Morgan fingerprint density at radius 1 is 0.862 bits per heavy atom. The first kappa shape index (κ1) is 20.3. The minimum absolute atomic E-state index is 0.168. The highest BCUT2D eigenvalue weighted by Gasteiger charge is 2.34. The Balaban J connectivity index is 0.000000431. The van der Waals surface area contributed by atoms with Crippen LogP contribution in [-0.2, 0) is 9.47 Å². The molecule has 0 aliphatic rings. The zero-order valence-corrected chi connectivity index (χ0v) is 15.3. The Bertz CT molecular complexity index is 1130. The molecule has 0 N–H and O–H groups in total. The number of carbonyl (C=O) groups excluding carboxylic acids is 2. The number of ether oxygens (including phenoxy) is 2. The lowest BCUT2D eigenvalue weighted by Crippen LogP contribution is -2.35. The molecule has 0 fully saturated rings. The number of hydrogen-bond donors (Lipinski definition) is 0. The standard InChI is InChI=1S/C19H14NO4.BF4/c1-23-18(21)15-13-7-3-5-11-8-9-12-6-4-10-20(16(12)14(11)13)17(15)19(22)24-2;2-1(3,4)5/h3-10H,1-2H3;/q+1;-1. The van der Waals surface area contributed by atoms with Crippen LogP contribution in [0.3, 0.4) is 0 Å². The van der Waals surface area contributed by atoms with Crippen LogP contribution in [0.2, 0.25) is 0 Å². The Kier molecular flexibility index (Phi) is 5.28. The summed E-state index contributed by atoms with van der Waals surface area (Å²) in [5.41, 5.74) is 1.26. The van der Waals surface area contributed by atoms with Gasteiger partial charge in [0.15, 0.2) is 6.20 Å². The molecule has 0 saturated heterocycles. The molecule has 0 amide bonds. The molecule has 0 spiro atoms. The molecule has 5 nitrogen and oxygen atoms in total. The number of esters is 2. The lowest BCUT2D eigenvalue weighted by Gasteiger charge is -2.11. The van der Waals surface area contributed by atoms with Crippen LogP contribution in [0.25, 0.3) is 27.1 Å². The van der Waals surface area contributed by atoms with E-state index in [2.05, 4.69) is 0 Å². The molecule has 4 aromatic rings. The van der Waals surface area contributed by atoms with Crippen LogP contribution < -0.4 is 4.40 Å². The minimum Gasteiger partial charge on any atom is -0.465 e. The summed E-state index contributed by atoms with van der Waals surface area (Å²) in [6.07, 6.45) is 1.76. The second-order valence-corrected chi connectivity index (χ2v) is 5.99. The molecule has 2 aromatic heterocycles. The van der Waals surface area contributed by atoms with Crippen LogP contribution in [0.1, 0.15) is 20.8 Å². The summed E-state index contributed by atoms with van der Waals surface area (Å²) in [5, 5.41) is 3.56. The Hall–Kier alpha value is -3.43. The van der Waals surface area contributed by atoms with Crippen molar-refractivity contribution in [3.05, 3.63) is 59.9 Å². The lowest BCUT2D eigenvalue weighted by atomic mass is 9.96. The molecule has 2 heterocycles. The third-order valence-corrected chi connectivity index (χ3v) is 4.32. The van der Waals surface area contributed by atoms with Gasteiger partial charge in [-0.15, -0.1) is 0 Å². The third-order valence-electron chi connectivity index (χ3n) is 4.32. The van der Waals surface area contributed by atoms with Crippen LogP contribution in [0.4, 0.5) is 17.3 Å². The maximum Gasteiger partial charge on any atom is 0.673 e. The molecule has 29 heavy (non-hydrogen) atoms. The largest absolute Gasteiger partial charge is 0.673 e. The molecule has 0 atom stereocenters. The number of pyridine rings is 2. The van der Waals surface area contributed by atoms with E-state index >= 15 is 0 Å². The van der Waals surface area contributed by atoms with Crippen molar-refractivity contribution in [3.8, 4) is 0 Å².